The molecule has 1 aliphatic heterocycles. The van der Waals surface area contributed by atoms with E-state index >= 15 is 0 Å². The summed E-state index contributed by atoms with van der Waals surface area (Å²) in [5, 5.41) is 17.7. The molecule has 3 aromatic rings. The molecule has 126 valence electrons. The summed E-state index contributed by atoms with van der Waals surface area (Å²) < 4.78 is 0. The molecule has 25 heavy (non-hydrogen) atoms. The van der Waals surface area contributed by atoms with E-state index in [0.29, 0.717) is 5.82 Å². The second-order valence-corrected chi connectivity index (χ2v) is 5.77. The highest BCUT2D eigenvalue weighted by Gasteiger charge is 2.21. The number of aromatic nitrogens is 4. The predicted octanol–water partition coefficient (Wildman–Crippen LogP) is 1.44. The standard InChI is InChI=1S/C17H16N6O2/c24-17(25)14-5-6-15(21-20-14)22-7-9-23(10-8-22)16-12-3-1-2-4-13(12)18-11-19-16/h1-6,11H,7-10H2,(H,24,25). The summed E-state index contributed by atoms with van der Waals surface area (Å²) >= 11 is 0. The van der Waals surface area contributed by atoms with Crippen LogP contribution < -0.4 is 9.80 Å². The molecule has 0 radical (unpaired) electrons. The van der Waals surface area contributed by atoms with Gasteiger partial charge in [-0.1, -0.05) is 12.1 Å². The molecule has 0 amide bonds. The Hall–Kier alpha value is -3.29. The second-order valence-electron chi connectivity index (χ2n) is 5.77. The van der Waals surface area contributed by atoms with Crippen LogP contribution in [0.25, 0.3) is 10.9 Å². The van der Waals surface area contributed by atoms with Crippen LogP contribution in [0.1, 0.15) is 10.5 Å². The van der Waals surface area contributed by atoms with Gasteiger partial charge in [-0.25, -0.2) is 14.8 Å². The summed E-state index contributed by atoms with van der Waals surface area (Å²) in [5.41, 5.74) is 0.889. The second kappa shape index (κ2) is 6.31. The number of carboxylic acid groups (broad SMARTS) is 1. The highest BCUT2D eigenvalue weighted by molar-refractivity contribution is 5.89. The zero-order valence-corrected chi connectivity index (χ0v) is 13.4. The average molecular weight is 336 g/mol. The van der Waals surface area contributed by atoms with Gasteiger partial charge in [0.2, 0.25) is 0 Å². The lowest BCUT2D eigenvalue weighted by molar-refractivity contribution is 0.0689. The fourth-order valence-electron chi connectivity index (χ4n) is 3.00. The van der Waals surface area contributed by atoms with Gasteiger partial charge in [-0.3, -0.25) is 0 Å². The summed E-state index contributed by atoms with van der Waals surface area (Å²) in [6, 6.07) is 11.2. The van der Waals surface area contributed by atoms with Gasteiger partial charge in [0.05, 0.1) is 5.52 Å². The highest BCUT2D eigenvalue weighted by Crippen LogP contribution is 2.24. The molecule has 0 aliphatic carbocycles. The first-order valence-corrected chi connectivity index (χ1v) is 7.99. The van der Waals surface area contributed by atoms with E-state index in [1.165, 1.54) is 6.07 Å². The smallest absolute Gasteiger partial charge is 0.356 e. The van der Waals surface area contributed by atoms with E-state index in [-0.39, 0.29) is 5.69 Å². The number of para-hydroxylation sites is 1. The van der Waals surface area contributed by atoms with Gasteiger partial charge in [-0.15, -0.1) is 10.2 Å². The van der Waals surface area contributed by atoms with E-state index < -0.39 is 5.97 Å². The monoisotopic (exact) mass is 336 g/mol. The Kier molecular flexibility index (Phi) is 3.85. The largest absolute Gasteiger partial charge is 0.476 e. The van der Waals surface area contributed by atoms with Gasteiger partial charge in [-0.2, -0.15) is 0 Å². The van der Waals surface area contributed by atoms with Gasteiger partial charge in [-0.05, 0) is 24.3 Å². The molecule has 2 aromatic heterocycles. The van der Waals surface area contributed by atoms with Gasteiger partial charge in [0.25, 0.3) is 0 Å². The number of hydrogen-bond donors (Lipinski definition) is 1. The number of hydrogen-bond acceptors (Lipinski definition) is 7. The topological polar surface area (TPSA) is 95.3 Å². The maximum Gasteiger partial charge on any atom is 0.356 e. The number of carbonyl (C=O) groups is 1. The van der Waals surface area contributed by atoms with E-state index in [9.17, 15) is 4.79 Å². The minimum absolute atomic E-state index is 0.0464. The summed E-state index contributed by atoms with van der Waals surface area (Å²) in [5.74, 6) is 0.564. The summed E-state index contributed by atoms with van der Waals surface area (Å²) in [6.07, 6.45) is 1.60. The minimum Gasteiger partial charge on any atom is -0.476 e. The number of rotatable bonds is 3. The van der Waals surface area contributed by atoms with Crippen LogP contribution >= 0.6 is 0 Å². The first-order valence-electron chi connectivity index (χ1n) is 7.99. The Labute approximate surface area is 143 Å². The van der Waals surface area contributed by atoms with E-state index in [2.05, 4.69) is 30.0 Å². The summed E-state index contributed by atoms with van der Waals surface area (Å²) in [7, 11) is 0. The zero-order valence-electron chi connectivity index (χ0n) is 13.4. The fraction of sp³-hybridized carbons (Fsp3) is 0.235. The van der Waals surface area contributed by atoms with E-state index in [4.69, 9.17) is 5.11 Å². The van der Waals surface area contributed by atoms with E-state index in [1.807, 2.05) is 24.3 Å². The molecule has 4 rings (SSSR count). The van der Waals surface area contributed by atoms with E-state index in [1.54, 1.807) is 12.4 Å². The summed E-state index contributed by atoms with van der Waals surface area (Å²) in [4.78, 5) is 24.0. The molecule has 0 bridgehead atoms. The van der Waals surface area contributed by atoms with Gasteiger partial charge in [0.15, 0.2) is 11.5 Å². The number of aromatic carboxylic acids is 1. The molecule has 1 fully saturated rings. The zero-order chi connectivity index (χ0) is 17.2. The maximum absolute atomic E-state index is 10.9. The Morgan fingerprint density at radius 3 is 2.40 bits per heavy atom. The number of fused-ring (bicyclic) bond motifs is 1. The van der Waals surface area contributed by atoms with Crippen LogP contribution in [0.3, 0.4) is 0 Å². The van der Waals surface area contributed by atoms with Crippen molar-refractivity contribution in [3.05, 3.63) is 48.4 Å². The van der Waals surface area contributed by atoms with Gasteiger partial charge in [0, 0.05) is 31.6 Å². The van der Waals surface area contributed by atoms with Crippen molar-refractivity contribution in [3.63, 3.8) is 0 Å². The predicted molar refractivity (Wildman–Crippen MR) is 93.0 cm³/mol. The van der Waals surface area contributed by atoms with Crippen LogP contribution in [0.2, 0.25) is 0 Å². The Morgan fingerprint density at radius 2 is 1.68 bits per heavy atom. The first-order chi connectivity index (χ1) is 12.2. The van der Waals surface area contributed by atoms with Crippen molar-refractivity contribution in [2.45, 2.75) is 0 Å². The molecule has 1 aromatic carbocycles. The lowest BCUT2D eigenvalue weighted by Crippen LogP contribution is -2.47. The lowest BCUT2D eigenvalue weighted by Gasteiger charge is -2.36. The number of anilines is 2. The van der Waals surface area contributed by atoms with Crippen LogP contribution in [0, 0.1) is 0 Å². The van der Waals surface area contributed by atoms with Crippen molar-refractivity contribution in [1.29, 1.82) is 0 Å². The van der Waals surface area contributed by atoms with Gasteiger partial charge >= 0.3 is 5.97 Å². The fourth-order valence-corrected chi connectivity index (χ4v) is 3.00. The Balaban J connectivity index is 1.50. The maximum atomic E-state index is 10.9. The molecule has 3 heterocycles. The SMILES string of the molecule is O=C(O)c1ccc(N2CCN(c3ncnc4ccccc34)CC2)nn1. The average Bonchev–Trinajstić information content (AvgIpc) is 2.68. The molecular formula is C17H16N6O2. The molecule has 1 N–H and O–H groups in total. The van der Waals surface area contributed by atoms with Crippen molar-refractivity contribution in [2.24, 2.45) is 0 Å². The van der Waals surface area contributed by atoms with Crippen LogP contribution in [0.4, 0.5) is 11.6 Å². The van der Waals surface area contributed by atoms with Crippen LogP contribution in [0.5, 0.6) is 0 Å². The molecule has 1 aliphatic rings. The van der Waals surface area contributed by atoms with Crippen molar-refractivity contribution in [2.75, 3.05) is 36.0 Å². The van der Waals surface area contributed by atoms with Crippen LogP contribution in [-0.4, -0.2) is 57.4 Å². The molecule has 0 spiro atoms. The third-order valence-electron chi connectivity index (χ3n) is 4.29. The highest BCUT2D eigenvalue weighted by atomic mass is 16.4. The van der Waals surface area contributed by atoms with Crippen molar-refractivity contribution >= 4 is 28.5 Å². The molecule has 0 atom stereocenters. The minimum atomic E-state index is -1.07. The van der Waals surface area contributed by atoms with Crippen molar-refractivity contribution in [1.82, 2.24) is 20.2 Å². The molecule has 8 nitrogen and oxygen atoms in total. The number of piperazine rings is 1. The Morgan fingerprint density at radius 1 is 0.920 bits per heavy atom. The van der Waals surface area contributed by atoms with Gasteiger partial charge < -0.3 is 14.9 Å². The number of carboxylic acids is 1. The van der Waals surface area contributed by atoms with Crippen LogP contribution in [-0.2, 0) is 0 Å². The molecule has 1 saturated heterocycles. The van der Waals surface area contributed by atoms with Crippen molar-refractivity contribution in [3.8, 4) is 0 Å². The molecule has 0 unspecified atom stereocenters. The quantitative estimate of drug-likeness (QED) is 0.768. The third-order valence-corrected chi connectivity index (χ3v) is 4.29. The first kappa shape index (κ1) is 15.3. The normalized spacial score (nSPS) is 14.7. The lowest BCUT2D eigenvalue weighted by atomic mass is 10.2. The third kappa shape index (κ3) is 2.93. The summed E-state index contributed by atoms with van der Waals surface area (Å²) in [6.45, 7) is 3.12. The number of benzene rings is 1. The van der Waals surface area contributed by atoms with Crippen LogP contribution in [0.15, 0.2) is 42.7 Å². The van der Waals surface area contributed by atoms with Gasteiger partial charge in [0.1, 0.15) is 12.1 Å². The molecule has 0 saturated carbocycles. The van der Waals surface area contributed by atoms with Crippen molar-refractivity contribution < 1.29 is 9.90 Å². The number of nitrogens with zero attached hydrogens (tertiary/aromatic N) is 6. The molecule has 8 heteroatoms. The van der Waals surface area contributed by atoms with E-state index in [0.717, 1.165) is 42.9 Å². The molecular weight excluding hydrogens is 320 g/mol. The Bertz CT molecular complexity index is 901.